The Hall–Kier alpha value is -3.56. The highest BCUT2D eigenvalue weighted by Gasteiger charge is 2.34. The Morgan fingerprint density at radius 3 is 2.29 bits per heavy atom. The number of benzene rings is 3. The van der Waals surface area contributed by atoms with Crippen LogP contribution in [0.15, 0.2) is 78.9 Å². The zero-order valence-electron chi connectivity index (χ0n) is 24.0. The molecule has 8 nitrogen and oxygen atoms in total. The third-order valence-corrected chi connectivity index (χ3v) is 8.90. The maximum absolute atomic E-state index is 14.2. The number of nitrogens with one attached hydrogen (secondary N) is 1. The summed E-state index contributed by atoms with van der Waals surface area (Å²) >= 11 is 6.12. The number of methoxy groups -OCH3 is 1. The molecule has 42 heavy (non-hydrogen) atoms. The summed E-state index contributed by atoms with van der Waals surface area (Å²) in [6.45, 7) is -0.386. The van der Waals surface area contributed by atoms with Crippen molar-refractivity contribution in [1.29, 1.82) is 0 Å². The molecule has 0 heterocycles. The van der Waals surface area contributed by atoms with Crippen LogP contribution in [0.2, 0.25) is 5.02 Å². The minimum absolute atomic E-state index is 0.0429. The summed E-state index contributed by atoms with van der Waals surface area (Å²) in [5, 5.41) is 3.75. The third kappa shape index (κ3) is 8.72. The van der Waals surface area contributed by atoms with Gasteiger partial charge in [0.25, 0.3) is 0 Å². The second-order valence-corrected chi connectivity index (χ2v) is 13.0. The molecule has 1 N–H and O–H groups in total. The predicted octanol–water partition coefficient (Wildman–Crippen LogP) is 5.20. The number of sulfonamides is 1. The first kappa shape index (κ1) is 31.4. The second kappa shape index (κ2) is 14.6. The number of amides is 2. The van der Waals surface area contributed by atoms with Crippen LogP contribution < -0.4 is 14.4 Å². The SMILES string of the molecule is COc1cccc(N(CC(=O)N(Cc2ccc(Cl)cc2)C(Cc2ccccc2)C(=O)NC2CCCCC2)S(C)(=O)=O)c1. The van der Waals surface area contributed by atoms with Crippen LogP contribution in [0.25, 0.3) is 0 Å². The van der Waals surface area contributed by atoms with Gasteiger partial charge in [0, 0.05) is 30.1 Å². The monoisotopic (exact) mass is 611 g/mol. The number of carbonyl (C=O) groups is 2. The summed E-state index contributed by atoms with van der Waals surface area (Å²) in [4.78, 5) is 29.7. The fourth-order valence-electron chi connectivity index (χ4n) is 5.26. The first-order chi connectivity index (χ1) is 20.1. The Balaban J connectivity index is 1.72. The van der Waals surface area contributed by atoms with E-state index in [0.717, 1.165) is 53.8 Å². The number of anilines is 1. The van der Waals surface area contributed by atoms with Gasteiger partial charge in [0.1, 0.15) is 18.3 Å². The summed E-state index contributed by atoms with van der Waals surface area (Å²) in [7, 11) is -2.38. The Morgan fingerprint density at radius 2 is 1.64 bits per heavy atom. The van der Waals surface area contributed by atoms with Gasteiger partial charge in [-0.25, -0.2) is 8.42 Å². The molecular formula is C32H38ClN3O5S. The molecule has 3 aromatic carbocycles. The van der Waals surface area contributed by atoms with Crippen molar-refractivity contribution in [2.75, 3.05) is 24.2 Å². The van der Waals surface area contributed by atoms with E-state index in [0.29, 0.717) is 16.5 Å². The van der Waals surface area contributed by atoms with Gasteiger partial charge in [0.05, 0.1) is 19.1 Å². The molecule has 2 amide bonds. The quantitative estimate of drug-likeness (QED) is 0.304. The number of hydrogen-bond acceptors (Lipinski definition) is 5. The Labute approximate surface area is 253 Å². The average Bonchev–Trinajstić information content (AvgIpc) is 2.99. The van der Waals surface area contributed by atoms with E-state index in [1.54, 1.807) is 48.5 Å². The molecule has 0 spiro atoms. The maximum Gasteiger partial charge on any atom is 0.244 e. The molecule has 1 aliphatic rings. The van der Waals surface area contributed by atoms with E-state index in [1.165, 1.54) is 12.0 Å². The first-order valence-corrected chi connectivity index (χ1v) is 16.4. The van der Waals surface area contributed by atoms with Crippen molar-refractivity contribution >= 4 is 39.1 Å². The third-order valence-electron chi connectivity index (χ3n) is 7.51. The standard InChI is InChI=1S/C32H38ClN3O5S/c1-41-29-15-9-14-28(21-29)36(42(2,39)40)23-31(37)35(22-25-16-18-26(33)19-17-25)30(20-24-10-5-3-6-11-24)32(38)34-27-12-7-4-8-13-27/h3,5-6,9-11,14-19,21,27,30H,4,7-8,12-13,20,22-23H2,1-2H3,(H,34,38). The van der Waals surface area contributed by atoms with Crippen LogP contribution in [0.3, 0.4) is 0 Å². The molecule has 0 aliphatic heterocycles. The molecule has 1 atom stereocenters. The van der Waals surface area contributed by atoms with Gasteiger partial charge < -0.3 is 15.0 Å². The molecule has 0 saturated heterocycles. The molecule has 0 bridgehead atoms. The fourth-order valence-corrected chi connectivity index (χ4v) is 6.23. The van der Waals surface area contributed by atoms with Crippen molar-refractivity contribution in [3.8, 4) is 5.75 Å². The maximum atomic E-state index is 14.2. The predicted molar refractivity (Wildman–Crippen MR) is 166 cm³/mol. The van der Waals surface area contributed by atoms with Crippen LogP contribution >= 0.6 is 11.6 Å². The zero-order valence-corrected chi connectivity index (χ0v) is 25.6. The summed E-state index contributed by atoms with van der Waals surface area (Å²) in [5.74, 6) is -0.293. The fraction of sp³-hybridized carbons (Fsp3) is 0.375. The Morgan fingerprint density at radius 1 is 0.952 bits per heavy atom. The zero-order chi connectivity index (χ0) is 30.1. The van der Waals surface area contributed by atoms with Gasteiger partial charge in [-0.1, -0.05) is 79.4 Å². The lowest BCUT2D eigenvalue weighted by atomic mass is 9.94. The molecule has 1 unspecified atom stereocenters. The topological polar surface area (TPSA) is 96.0 Å². The average molecular weight is 612 g/mol. The number of ether oxygens (including phenoxy) is 1. The van der Waals surface area contributed by atoms with Crippen LogP contribution in [0.4, 0.5) is 5.69 Å². The second-order valence-electron chi connectivity index (χ2n) is 10.7. The van der Waals surface area contributed by atoms with Crippen molar-refractivity contribution in [2.45, 2.75) is 57.2 Å². The Bertz CT molecular complexity index is 1440. The molecule has 4 rings (SSSR count). The highest BCUT2D eigenvalue weighted by atomic mass is 35.5. The summed E-state index contributed by atoms with van der Waals surface area (Å²) in [6, 6.07) is 22.3. The molecule has 1 saturated carbocycles. The number of halogens is 1. The smallest absolute Gasteiger partial charge is 0.244 e. The van der Waals surface area contributed by atoms with E-state index < -0.39 is 28.5 Å². The van der Waals surface area contributed by atoms with E-state index in [9.17, 15) is 18.0 Å². The van der Waals surface area contributed by atoms with Crippen LogP contribution in [0, 0.1) is 0 Å². The number of carbonyl (C=O) groups excluding carboxylic acids is 2. The highest BCUT2D eigenvalue weighted by molar-refractivity contribution is 7.92. The molecule has 3 aromatic rings. The van der Waals surface area contributed by atoms with Gasteiger partial charge in [-0.15, -0.1) is 0 Å². The van der Waals surface area contributed by atoms with E-state index in [2.05, 4.69) is 5.32 Å². The largest absolute Gasteiger partial charge is 0.497 e. The minimum atomic E-state index is -3.87. The van der Waals surface area contributed by atoms with Crippen molar-refractivity contribution in [1.82, 2.24) is 10.2 Å². The number of rotatable bonds is 12. The molecule has 0 aromatic heterocycles. The van der Waals surface area contributed by atoms with E-state index in [-0.39, 0.29) is 24.9 Å². The van der Waals surface area contributed by atoms with Crippen molar-refractivity contribution in [2.24, 2.45) is 0 Å². The van der Waals surface area contributed by atoms with Gasteiger partial charge in [-0.3, -0.25) is 13.9 Å². The van der Waals surface area contributed by atoms with E-state index >= 15 is 0 Å². The van der Waals surface area contributed by atoms with Gasteiger partial charge in [-0.05, 0) is 48.2 Å². The molecule has 1 aliphatic carbocycles. The van der Waals surface area contributed by atoms with E-state index in [4.69, 9.17) is 16.3 Å². The van der Waals surface area contributed by atoms with Crippen LogP contribution in [-0.2, 0) is 32.6 Å². The van der Waals surface area contributed by atoms with Crippen molar-refractivity contribution in [3.63, 3.8) is 0 Å². The lowest BCUT2D eigenvalue weighted by Gasteiger charge is -2.35. The number of hydrogen-bond donors (Lipinski definition) is 1. The summed E-state index contributed by atoms with van der Waals surface area (Å²) in [5.41, 5.74) is 1.95. The molecular weight excluding hydrogens is 574 g/mol. The van der Waals surface area contributed by atoms with Crippen LogP contribution in [-0.4, -0.2) is 57.1 Å². The van der Waals surface area contributed by atoms with Crippen molar-refractivity contribution < 1.29 is 22.7 Å². The normalized spacial score (nSPS) is 14.5. The van der Waals surface area contributed by atoms with E-state index in [1.807, 2.05) is 30.3 Å². The molecule has 0 radical (unpaired) electrons. The first-order valence-electron chi connectivity index (χ1n) is 14.1. The van der Waals surface area contributed by atoms with Crippen LogP contribution in [0.1, 0.15) is 43.2 Å². The van der Waals surface area contributed by atoms with Gasteiger partial charge in [0.2, 0.25) is 21.8 Å². The number of nitrogens with zero attached hydrogens (tertiary/aromatic N) is 2. The Kier molecular flexibility index (Phi) is 10.9. The van der Waals surface area contributed by atoms with Gasteiger partial charge >= 0.3 is 0 Å². The molecule has 224 valence electrons. The molecule has 10 heteroatoms. The van der Waals surface area contributed by atoms with Gasteiger partial charge in [0.15, 0.2) is 0 Å². The molecule has 1 fully saturated rings. The summed E-state index contributed by atoms with van der Waals surface area (Å²) in [6.07, 6.45) is 6.36. The lowest BCUT2D eigenvalue weighted by Crippen LogP contribution is -2.55. The lowest BCUT2D eigenvalue weighted by molar-refractivity contribution is -0.140. The van der Waals surface area contributed by atoms with Crippen LogP contribution in [0.5, 0.6) is 5.75 Å². The summed E-state index contributed by atoms with van der Waals surface area (Å²) < 4.78 is 32.3. The van der Waals surface area contributed by atoms with Gasteiger partial charge in [-0.2, -0.15) is 0 Å². The highest BCUT2D eigenvalue weighted by Crippen LogP contribution is 2.25. The minimum Gasteiger partial charge on any atom is -0.497 e. The van der Waals surface area contributed by atoms with Crippen molar-refractivity contribution in [3.05, 3.63) is 95.0 Å².